The number of hydrogen-bond donors (Lipinski definition) is 2. The molecule has 1 saturated carbocycles. The first kappa shape index (κ1) is 18.8. The van der Waals surface area contributed by atoms with Gasteiger partial charge in [0, 0.05) is 23.6 Å². The average molecular weight is 433 g/mol. The first-order valence-corrected chi connectivity index (χ1v) is 11.2. The van der Waals surface area contributed by atoms with Crippen LogP contribution in [0.3, 0.4) is 0 Å². The fourth-order valence-electron chi connectivity index (χ4n) is 4.42. The lowest BCUT2D eigenvalue weighted by Crippen LogP contribution is -2.46. The van der Waals surface area contributed by atoms with E-state index < -0.39 is 0 Å². The van der Waals surface area contributed by atoms with Gasteiger partial charge in [0.2, 0.25) is 11.9 Å². The molecule has 2 aliphatic rings. The van der Waals surface area contributed by atoms with E-state index in [-0.39, 0.29) is 11.8 Å². The zero-order valence-electron chi connectivity index (χ0n) is 15.8. The highest BCUT2D eigenvalue weighted by molar-refractivity contribution is 9.10. The van der Waals surface area contributed by atoms with Gasteiger partial charge in [-0.3, -0.25) is 4.79 Å². The van der Waals surface area contributed by atoms with Gasteiger partial charge in [-0.25, -0.2) is 4.98 Å². The zero-order chi connectivity index (χ0) is 18.6. The van der Waals surface area contributed by atoms with Crippen molar-refractivity contribution in [2.75, 3.05) is 18.0 Å². The number of carbonyl (C=O) groups is 1. The van der Waals surface area contributed by atoms with E-state index in [0.717, 1.165) is 60.2 Å². The number of rotatable bonds is 3. The van der Waals surface area contributed by atoms with E-state index in [9.17, 15) is 4.79 Å². The smallest absolute Gasteiger partial charge is 0.225 e. The van der Waals surface area contributed by atoms with Crippen molar-refractivity contribution >= 4 is 38.8 Å². The molecule has 0 radical (unpaired) electrons. The maximum absolute atomic E-state index is 12.9. The van der Waals surface area contributed by atoms with Crippen molar-refractivity contribution in [1.82, 2.24) is 15.3 Å². The van der Waals surface area contributed by atoms with Crippen LogP contribution in [0.25, 0.3) is 11.0 Å². The van der Waals surface area contributed by atoms with Crippen molar-refractivity contribution in [3.8, 4) is 0 Å². The normalized spacial score (nSPS) is 22.4. The van der Waals surface area contributed by atoms with E-state index in [1.165, 1.54) is 32.1 Å². The summed E-state index contributed by atoms with van der Waals surface area (Å²) in [4.78, 5) is 23.3. The molecule has 4 rings (SSSR count). The fraction of sp³-hybridized carbons (Fsp3) is 0.619. The van der Waals surface area contributed by atoms with Crippen molar-refractivity contribution in [3.05, 3.63) is 22.7 Å². The van der Waals surface area contributed by atoms with Gasteiger partial charge in [0.25, 0.3) is 0 Å². The Labute approximate surface area is 169 Å². The summed E-state index contributed by atoms with van der Waals surface area (Å²) in [6.07, 6.45) is 10.8. The molecule has 27 heavy (non-hydrogen) atoms. The van der Waals surface area contributed by atoms with Crippen LogP contribution >= 0.6 is 15.9 Å². The second-order valence-corrected chi connectivity index (χ2v) is 8.97. The third-order valence-electron chi connectivity index (χ3n) is 5.97. The zero-order valence-corrected chi connectivity index (χ0v) is 17.4. The first-order valence-electron chi connectivity index (χ1n) is 10.4. The monoisotopic (exact) mass is 432 g/mol. The number of aromatic nitrogens is 2. The van der Waals surface area contributed by atoms with Crippen LogP contribution in [0.2, 0.25) is 0 Å². The second-order valence-electron chi connectivity index (χ2n) is 8.06. The molecular formula is C21H29BrN4O. The summed E-state index contributed by atoms with van der Waals surface area (Å²) >= 11 is 3.51. The summed E-state index contributed by atoms with van der Waals surface area (Å²) in [5.74, 6) is 1.18. The second kappa shape index (κ2) is 8.63. The largest absolute Gasteiger partial charge is 0.353 e. The lowest BCUT2D eigenvalue weighted by molar-refractivity contribution is -0.126. The molecule has 1 aromatic heterocycles. The summed E-state index contributed by atoms with van der Waals surface area (Å²) in [5, 5.41) is 3.36. The fourth-order valence-corrected chi connectivity index (χ4v) is 4.78. The van der Waals surface area contributed by atoms with E-state index in [1.807, 2.05) is 12.1 Å². The molecule has 2 heterocycles. The Bertz CT molecular complexity index is 782. The standard InChI is InChI=1S/C21H29BrN4O/c22-16-10-11-18-19(13-16)25-21(24-18)26-12-6-7-15(14-26)20(27)23-17-8-4-2-1-3-5-9-17/h10-11,13,15,17H,1-9,12,14H2,(H,23,27)(H,24,25). The molecule has 0 spiro atoms. The van der Waals surface area contributed by atoms with E-state index in [2.05, 4.69) is 37.2 Å². The predicted octanol–water partition coefficient (Wildman–Crippen LogP) is 4.77. The summed E-state index contributed by atoms with van der Waals surface area (Å²) < 4.78 is 1.04. The molecule has 2 aromatic rings. The van der Waals surface area contributed by atoms with Gasteiger partial charge in [0.15, 0.2) is 0 Å². The minimum absolute atomic E-state index is 0.0594. The predicted molar refractivity (Wildman–Crippen MR) is 113 cm³/mol. The number of hydrogen-bond acceptors (Lipinski definition) is 3. The lowest BCUT2D eigenvalue weighted by atomic mass is 9.94. The van der Waals surface area contributed by atoms with Crippen LogP contribution in [0.5, 0.6) is 0 Å². The average Bonchev–Trinajstić information content (AvgIpc) is 3.07. The number of nitrogens with one attached hydrogen (secondary N) is 2. The minimum atomic E-state index is 0.0594. The third kappa shape index (κ3) is 4.65. The highest BCUT2D eigenvalue weighted by Crippen LogP contribution is 2.26. The Balaban J connectivity index is 1.39. The van der Waals surface area contributed by atoms with Gasteiger partial charge in [0.05, 0.1) is 17.0 Å². The number of benzene rings is 1. The molecule has 5 nitrogen and oxygen atoms in total. The van der Waals surface area contributed by atoms with Gasteiger partial charge in [-0.1, -0.05) is 48.0 Å². The van der Waals surface area contributed by atoms with Crippen molar-refractivity contribution in [2.24, 2.45) is 5.92 Å². The molecule has 1 amide bonds. The molecule has 1 aromatic carbocycles. The van der Waals surface area contributed by atoms with Crippen LogP contribution in [0, 0.1) is 5.92 Å². The highest BCUT2D eigenvalue weighted by atomic mass is 79.9. The van der Waals surface area contributed by atoms with Crippen LogP contribution in [-0.4, -0.2) is 35.0 Å². The van der Waals surface area contributed by atoms with Gasteiger partial charge in [-0.2, -0.15) is 0 Å². The summed E-state index contributed by atoms with van der Waals surface area (Å²) in [5.41, 5.74) is 2.00. The molecule has 1 aliphatic heterocycles. The first-order chi connectivity index (χ1) is 13.2. The number of nitrogens with zero attached hydrogens (tertiary/aromatic N) is 2. The quantitative estimate of drug-likeness (QED) is 0.733. The number of fused-ring (bicyclic) bond motifs is 1. The molecule has 0 bridgehead atoms. The van der Waals surface area contributed by atoms with Crippen molar-refractivity contribution < 1.29 is 4.79 Å². The maximum Gasteiger partial charge on any atom is 0.225 e. The van der Waals surface area contributed by atoms with Gasteiger partial charge in [0.1, 0.15) is 0 Å². The Kier molecular flexibility index (Phi) is 6.01. The van der Waals surface area contributed by atoms with Crippen LogP contribution < -0.4 is 10.2 Å². The van der Waals surface area contributed by atoms with Crippen molar-refractivity contribution in [1.29, 1.82) is 0 Å². The molecule has 2 N–H and O–H groups in total. The number of H-pyrrole nitrogens is 1. The number of anilines is 1. The van der Waals surface area contributed by atoms with Gasteiger partial charge in [-0.15, -0.1) is 0 Å². The van der Waals surface area contributed by atoms with Gasteiger partial charge < -0.3 is 15.2 Å². The topological polar surface area (TPSA) is 61.0 Å². The van der Waals surface area contributed by atoms with E-state index in [1.54, 1.807) is 0 Å². The highest BCUT2D eigenvalue weighted by Gasteiger charge is 2.28. The summed E-state index contributed by atoms with van der Waals surface area (Å²) in [7, 11) is 0. The SMILES string of the molecule is O=C(NC1CCCCCCC1)C1CCCN(c2nc3ccc(Br)cc3[nH]2)C1. The summed E-state index contributed by atoms with van der Waals surface area (Å²) in [6, 6.07) is 6.45. The van der Waals surface area contributed by atoms with Gasteiger partial charge >= 0.3 is 0 Å². The number of carbonyl (C=O) groups excluding carboxylic acids is 1. The number of halogens is 1. The van der Waals surface area contributed by atoms with E-state index in [0.29, 0.717) is 6.04 Å². The molecule has 1 saturated heterocycles. The molecule has 1 unspecified atom stereocenters. The molecule has 1 atom stereocenters. The third-order valence-corrected chi connectivity index (χ3v) is 6.47. The molecule has 2 fully saturated rings. The minimum Gasteiger partial charge on any atom is -0.353 e. The molecule has 146 valence electrons. The Morgan fingerprint density at radius 2 is 1.89 bits per heavy atom. The lowest BCUT2D eigenvalue weighted by Gasteiger charge is -2.33. The number of imidazole rings is 1. The number of piperidine rings is 1. The van der Waals surface area contributed by atoms with Crippen molar-refractivity contribution in [2.45, 2.75) is 63.8 Å². The van der Waals surface area contributed by atoms with Crippen LogP contribution in [0.4, 0.5) is 5.95 Å². The van der Waals surface area contributed by atoms with Crippen LogP contribution in [-0.2, 0) is 4.79 Å². The molecule has 6 heteroatoms. The van der Waals surface area contributed by atoms with Crippen LogP contribution in [0.15, 0.2) is 22.7 Å². The number of amides is 1. The summed E-state index contributed by atoms with van der Waals surface area (Å²) in [6.45, 7) is 1.70. The van der Waals surface area contributed by atoms with E-state index in [4.69, 9.17) is 4.98 Å². The van der Waals surface area contributed by atoms with Crippen molar-refractivity contribution in [3.63, 3.8) is 0 Å². The molecular weight excluding hydrogens is 404 g/mol. The Morgan fingerprint density at radius 3 is 2.70 bits per heavy atom. The number of aromatic amines is 1. The molecule has 1 aliphatic carbocycles. The maximum atomic E-state index is 12.9. The Morgan fingerprint density at radius 1 is 1.11 bits per heavy atom. The Hall–Kier alpha value is -1.56. The van der Waals surface area contributed by atoms with Crippen LogP contribution in [0.1, 0.15) is 57.8 Å². The van der Waals surface area contributed by atoms with Gasteiger partial charge in [-0.05, 0) is 43.9 Å². The van der Waals surface area contributed by atoms with E-state index >= 15 is 0 Å².